The smallest absolute Gasteiger partial charge is 0.232 e. The largest absolute Gasteiger partial charge is 0.485 e. The summed E-state index contributed by atoms with van der Waals surface area (Å²) in [4.78, 5) is 34.1. The van der Waals surface area contributed by atoms with Gasteiger partial charge in [0.25, 0.3) is 0 Å². The molecule has 1 N–H and O–H groups in total. The number of halogens is 2. The van der Waals surface area contributed by atoms with Crippen LogP contribution in [-0.4, -0.2) is 84.6 Å². The van der Waals surface area contributed by atoms with Crippen molar-refractivity contribution >= 4 is 81.6 Å². The van der Waals surface area contributed by atoms with E-state index in [4.69, 9.17) is 18.9 Å². The fourth-order valence-electron chi connectivity index (χ4n) is 4.52. The zero-order chi connectivity index (χ0) is 35.1. The minimum Gasteiger partial charge on any atom is -0.485 e. The molecule has 1 unspecified atom stereocenters. The Hall–Kier alpha value is -3.45. The number of morpholine rings is 1. The molecule has 1 aliphatic heterocycles. The average molecular weight is 812 g/mol. The Bertz CT molecular complexity index is 1740. The van der Waals surface area contributed by atoms with Gasteiger partial charge in [0.05, 0.1) is 72.5 Å². The van der Waals surface area contributed by atoms with Gasteiger partial charge in [-0.25, -0.2) is 29.3 Å². The van der Waals surface area contributed by atoms with Crippen LogP contribution in [-0.2, 0) is 14.3 Å². The van der Waals surface area contributed by atoms with E-state index in [1.54, 1.807) is 38.9 Å². The maximum atomic E-state index is 14.5. The van der Waals surface area contributed by atoms with E-state index in [0.29, 0.717) is 49.3 Å². The van der Waals surface area contributed by atoms with Gasteiger partial charge in [-0.2, -0.15) is 0 Å². The number of benzene rings is 2. The molecule has 48 heavy (non-hydrogen) atoms. The van der Waals surface area contributed by atoms with Gasteiger partial charge in [-0.3, -0.25) is 4.79 Å². The predicted molar refractivity (Wildman–Crippen MR) is 200 cm³/mol. The van der Waals surface area contributed by atoms with Gasteiger partial charge in [-0.1, -0.05) is 13.8 Å². The van der Waals surface area contributed by atoms with Gasteiger partial charge in [0.1, 0.15) is 11.1 Å². The lowest BCUT2D eigenvalue weighted by atomic mass is 10.1. The summed E-state index contributed by atoms with van der Waals surface area (Å²) in [5.41, 5.74) is 4.50. The van der Waals surface area contributed by atoms with Gasteiger partial charge in [-0.15, -0.1) is 21.1 Å². The quantitative estimate of drug-likeness (QED) is 0.0911. The van der Waals surface area contributed by atoms with Crippen molar-refractivity contribution in [1.82, 2.24) is 24.9 Å². The fraction of sp³-hybridized carbons (Fsp3) is 0.375. The Morgan fingerprint density at radius 1 is 1.06 bits per heavy atom. The zero-order valence-electron chi connectivity index (χ0n) is 27.6. The lowest BCUT2D eigenvalue weighted by Gasteiger charge is -2.26. The Morgan fingerprint density at radius 3 is 2.42 bits per heavy atom. The number of methoxy groups -OCH3 is 2. The molecule has 0 radical (unpaired) electrons. The summed E-state index contributed by atoms with van der Waals surface area (Å²) in [7, 11) is 6.64. The van der Waals surface area contributed by atoms with E-state index in [1.807, 2.05) is 65.9 Å². The number of thiazole rings is 1. The Balaban J connectivity index is 0.000000277. The second-order valence-corrected chi connectivity index (χ2v) is 10.9. The van der Waals surface area contributed by atoms with Crippen molar-refractivity contribution in [3.63, 3.8) is 0 Å². The second kappa shape index (κ2) is 20.2. The highest BCUT2D eigenvalue weighted by Crippen LogP contribution is 2.37. The minimum absolute atomic E-state index is 0.191. The van der Waals surface area contributed by atoms with Crippen molar-refractivity contribution in [3.8, 4) is 22.2 Å². The van der Waals surface area contributed by atoms with Gasteiger partial charge in [0.2, 0.25) is 18.2 Å². The molecule has 1 aliphatic rings. The van der Waals surface area contributed by atoms with Crippen molar-refractivity contribution in [2.75, 3.05) is 57.3 Å². The van der Waals surface area contributed by atoms with Crippen LogP contribution >= 0.6 is 42.3 Å². The molecule has 0 saturated carbocycles. The molecule has 0 spiro atoms. The van der Waals surface area contributed by atoms with E-state index in [-0.39, 0.29) is 11.9 Å². The van der Waals surface area contributed by atoms with Crippen molar-refractivity contribution in [3.05, 3.63) is 54.2 Å². The molecule has 0 bridgehead atoms. The van der Waals surface area contributed by atoms with Crippen LogP contribution in [0.3, 0.4) is 0 Å². The highest BCUT2D eigenvalue weighted by Gasteiger charge is 2.17. The third-order valence-electron chi connectivity index (χ3n) is 6.54. The molecule has 6 rings (SSSR count). The van der Waals surface area contributed by atoms with Crippen LogP contribution in [0, 0.1) is 12.7 Å². The summed E-state index contributed by atoms with van der Waals surface area (Å²) in [5.74, 6) is 0.869. The van der Waals surface area contributed by atoms with Crippen LogP contribution in [0.15, 0.2) is 42.9 Å². The van der Waals surface area contributed by atoms with E-state index in [2.05, 4.69) is 40.0 Å². The molecule has 16 heteroatoms. The maximum Gasteiger partial charge on any atom is 0.232 e. The van der Waals surface area contributed by atoms with Crippen LogP contribution in [0.1, 0.15) is 26.3 Å². The first-order chi connectivity index (χ1) is 23.4. The Labute approximate surface area is 300 Å². The summed E-state index contributed by atoms with van der Waals surface area (Å²) in [6.07, 6.45) is 5.10. The van der Waals surface area contributed by atoms with E-state index in [0.717, 1.165) is 45.0 Å². The lowest BCUT2D eigenvalue weighted by Crippen LogP contribution is -2.37. The normalized spacial score (nSPS) is 12.8. The predicted octanol–water partition coefficient (Wildman–Crippen LogP) is 6.95. The van der Waals surface area contributed by atoms with Crippen LogP contribution < -0.4 is 19.7 Å². The number of amides is 1. The van der Waals surface area contributed by atoms with Gasteiger partial charge in [0, 0.05) is 37.9 Å². The van der Waals surface area contributed by atoms with Crippen molar-refractivity contribution < 1.29 is 28.1 Å². The van der Waals surface area contributed by atoms with Crippen molar-refractivity contribution in [2.24, 2.45) is 0 Å². The van der Waals surface area contributed by atoms with Gasteiger partial charge in [-0.05, 0) is 52.7 Å². The number of nitrogens with one attached hydrogen (secondary N) is 1. The molecule has 1 atom stereocenters. The summed E-state index contributed by atoms with van der Waals surface area (Å²) in [6.45, 7) is 11.2. The Morgan fingerprint density at radius 2 is 1.77 bits per heavy atom. The lowest BCUT2D eigenvalue weighted by molar-refractivity contribution is -0.105. The number of hydrogen-bond donors (Lipinski definition) is 2. The number of carbonyl (C=O) groups excluding carboxylic acids is 1. The second-order valence-electron chi connectivity index (χ2n) is 9.88. The third-order valence-corrected chi connectivity index (χ3v) is 7.59. The van der Waals surface area contributed by atoms with Crippen LogP contribution in [0.4, 0.5) is 16.0 Å². The van der Waals surface area contributed by atoms with Crippen LogP contribution in [0.25, 0.3) is 31.8 Å². The Kier molecular flexibility index (Phi) is 16.4. The maximum absolute atomic E-state index is 14.5. The SMILES string of the molecule is CC.COCC(C)Oc1cc2sc(-c3cc(C)cc4nc(OC)cnc34)nc2cc1F.O=CNc1cnc(N2CCOCC2)nc1.SI. The molecule has 12 nitrogen and oxygen atoms in total. The summed E-state index contributed by atoms with van der Waals surface area (Å²) in [5, 5.41) is 3.23. The number of fused-ring (bicyclic) bond motifs is 2. The monoisotopic (exact) mass is 811 g/mol. The molecule has 5 aromatic rings. The minimum atomic E-state index is -0.448. The molecule has 258 valence electrons. The molecular weight excluding hydrogens is 772 g/mol. The number of thiol groups is 1. The van der Waals surface area contributed by atoms with E-state index in [1.165, 1.54) is 17.4 Å². The van der Waals surface area contributed by atoms with Crippen LogP contribution in [0.5, 0.6) is 11.6 Å². The number of aryl methyl sites for hydroxylation is 1. The number of aromatic nitrogens is 5. The molecular formula is C32H39FIN7O5S2. The molecule has 0 aliphatic carbocycles. The topological polar surface area (TPSA) is 134 Å². The van der Waals surface area contributed by atoms with E-state index < -0.39 is 5.82 Å². The number of hydrogen-bond acceptors (Lipinski definition) is 13. The highest BCUT2D eigenvalue weighted by molar-refractivity contribution is 14.2. The fourth-order valence-corrected chi connectivity index (χ4v) is 5.51. The first-order valence-electron chi connectivity index (χ1n) is 15.0. The molecule has 1 saturated heterocycles. The van der Waals surface area contributed by atoms with Crippen molar-refractivity contribution in [2.45, 2.75) is 33.8 Å². The summed E-state index contributed by atoms with van der Waals surface area (Å²) in [6, 6.07) is 7.04. The van der Waals surface area contributed by atoms with Gasteiger partial charge < -0.3 is 29.2 Å². The summed E-state index contributed by atoms with van der Waals surface area (Å²) >= 11 is 3.30. The van der Waals surface area contributed by atoms with E-state index >= 15 is 0 Å². The molecule has 3 aromatic heterocycles. The molecule has 1 fully saturated rings. The van der Waals surface area contributed by atoms with Crippen molar-refractivity contribution in [1.29, 1.82) is 0 Å². The first kappa shape index (κ1) is 39.0. The number of anilines is 2. The number of rotatable bonds is 9. The van der Waals surface area contributed by atoms with Crippen LogP contribution in [0.2, 0.25) is 0 Å². The summed E-state index contributed by atoms with van der Waals surface area (Å²) < 4.78 is 36.5. The number of carbonyl (C=O) groups is 1. The average Bonchev–Trinajstić information content (AvgIpc) is 3.53. The molecule has 1 amide bonds. The van der Waals surface area contributed by atoms with E-state index in [9.17, 15) is 9.18 Å². The van der Waals surface area contributed by atoms with Gasteiger partial charge >= 0.3 is 0 Å². The molecule has 4 heterocycles. The third kappa shape index (κ3) is 10.5. The highest BCUT2D eigenvalue weighted by atomic mass is 127. The van der Waals surface area contributed by atoms with Gasteiger partial charge in [0.15, 0.2) is 11.6 Å². The number of nitrogens with zero attached hydrogens (tertiary/aromatic N) is 6. The first-order valence-corrected chi connectivity index (χ1v) is 19.0. The molecule has 2 aromatic carbocycles. The number of ether oxygens (including phenoxy) is 4. The zero-order valence-corrected chi connectivity index (χ0v) is 31.4. The standard InChI is InChI=1S/C21H20FN3O3S.C9H12N4O2.C2H6.HIS/c1-11-5-13(20-16(6-11)24-19(27-4)9-23-20)21-25-15-7-14(22)17(8-18(15)29-21)28-12(2)10-26-3;14-7-12-8-5-10-9(11-6-8)13-1-3-15-4-2-13;2*1-2/h5-9,12H,10H2,1-4H3;5-7H,1-4H2,(H,12,14);1-2H3;2H.